The van der Waals surface area contributed by atoms with E-state index < -0.39 is 0 Å². The maximum absolute atomic E-state index is 5.76. The van der Waals surface area contributed by atoms with E-state index in [-0.39, 0.29) is 0 Å². The largest absolute Gasteiger partial charge is 0.399 e. The standard InChI is InChI=1S/C14H24N2O/c1-3-16(10-11-17-2)9-5-7-13-6-4-8-14(15)12-13/h4,6,8,12H,3,5,7,9-11,15H2,1-2H3. The number of hydrogen-bond donors (Lipinski definition) is 1. The summed E-state index contributed by atoms with van der Waals surface area (Å²) in [6.07, 6.45) is 2.26. The van der Waals surface area contributed by atoms with Crippen LogP contribution in [0, 0.1) is 0 Å². The number of likely N-dealkylation sites (N-methyl/N-ethyl adjacent to an activating group) is 1. The normalized spacial score (nSPS) is 11.0. The van der Waals surface area contributed by atoms with E-state index in [1.807, 2.05) is 12.1 Å². The molecule has 0 aromatic heterocycles. The van der Waals surface area contributed by atoms with Gasteiger partial charge in [-0.15, -0.1) is 0 Å². The number of benzene rings is 1. The van der Waals surface area contributed by atoms with E-state index >= 15 is 0 Å². The molecule has 1 aromatic carbocycles. The van der Waals surface area contributed by atoms with Gasteiger partial charge in [0, 0.05) is 19.3 Å². The molecule has 0 amide bonds. The monoisotopic (exact) mass is 236 g/mol. The molecular weight excluding hydrogens is 212 g/mol. The van der Waals surface area contributed by atoms with E-state index in [9.17, 15) is 0 Å². The third-order valence-electron chi connectivity index (χ3n) is 2.95. The van der Waals surface area contributed by atoms with Crippen LogP contribution in [-0.4, -0.2) is 38.3 Å². The van der Waals surface area contributed by atoms with Crippen molar-refractivity contribution in [1.29, 1.82) is 0 Å². The predicted molar refractivity (Wildman–Crippen MR) is 73.2 cm³/mol. The van der Waals surface area contributed by atoms with Crippen LogP contribution in [0.5, 0.6) is 0 Å². The molecule has 0 aliphatic carbocycles. The fourth-order valence-electron chi connectivity index (χ4n) is 1.90. The summed E-state index contributed by atoms with van der Waals surface area (Å²) in [5.74, 6) is 0. The van der Waals surface area contributed by atoms with Crippen molar-refractivity contribution >= 4 is 5.69 Å². The third-order valence-corrected chi connectivity index (χ3v) is 2.95. The summed E-state index contributed by atoms with van der Waals surface area (Å²) in [5, 5.41) is 0. The lowest BCUT2D eigenvalue weighted by atomic mass is 10.1. The van der Waals surface area contributed by atoms with Crippen molar-refractivity contribution in [3.05, 3.63) is 29.8 Å². The van der Waals surface area contributed by atoms with Crippen LogP contribution in [0.3, 0.4) is 0 Å². The first-order valence-electron chi connectivity index (χ1n) is 6.32. The molecule has 3 nitrogen and oxygen atoms in total. The highest BCUT2D eigenvalue weighted by Gasteiger charge is 2.02. The zero-order valence-electron chi connectivity index (χ0n) is 11.0. The molecule has 0 saturated heterocycles. The van der Waals surface area contributed by atoms with Crippen LogP contribution in [0.4, 0.5) is 5.69 Å². The van der Waals surface area contributed by atoms with E-state index in [2.05, 4.69) is 24.0 Å². The van der Waals surface area contributed by atoms with Gasteiger partial charge in [-0.2, -0.15) is 0 Å². The van der Waals surface area contributed by atoms with Gasteiger partial charge in [-0.25, -0.2) is 0 Å². The molecule has 0 aliphatic rings. The van der Waals surface area contributed by atoms with Gasteiger partial charge in [0.15, 0.2) is 0 Å². The number of nitrogens with zero attached hydrogens (tertiary/aromatic N) is 1. The molecule has 0 spiro atoms. The van der Waals surface area contributed by atoms with E-state index in [0.717, 1.165) is 38.3 Å². The van der Waals surface area contributed by atoms with Crippen molar-refractivity contribution < 1.29 is 4.74 Å². The lowest BCUT2D eigenvalue weighted by Crippen LogP contribution is -2.28. The lowest BCUT2D eigenvalue weighted by Gasteiger charge is -2.19. The summed E-state index contributed by atoms with van der Waals surface area (Å²) in [4.78, 5) is 2.41. The average Bonchev–Trinajstić information content (AvgIpc) is 2.33. The molecule has 0 fully saturated rings. The quantitative estimate of drug-likeness (QED) is 0.703. The number of ether oxygens (including phenoxy) is 1. The molecule has 0 unspecified atom stereocenters. The van der Waals surface area contributed by atoms with Crippen molar-refractivity contribution in [2.45, 2.75) is 19.8 Å². The van der Waals surface area contributed by atoms with E-state index in [0.29, 0.717) is 0 Å². The Morgan fingerprint density at radius 3 is 2.76 bits per heavy atom. The van der Waals surface area contributed by atoms with Crippen LogP contribution in [-0.2, 0) is 11.2 Å². The number of nitrogens with two attached hydrogens (primary N) is 1. The Hall–Kier alpha value is -1.06. The first-order valence-corrected chi connectivity index (χ1v) is 6.32. The average molecular weight is 236 g/mol. The topological polar surface area (TPSA) is 38.5 Å². The lowest BCUT2D eigenvalue weighted by molar-refractivity contribution is 0.150. The number of nitrogen functional groups attached to an aromatic ring is 1. The third kappa shape index (κ3) is 5.71. The number of hydrogen-bond acceptors (Lipinski definition) is 3. The highest BCUT2D eigenvalue weighted by molar-refractivity contribution is 5.40. The van der Waals surface area contributed by atoms with Gasteiger partial charge in [-0.3, -0.25) is 0 Å². The number of aryl methyl sites for hydroxylation is 1. The number of rotatable bonds is 8. The van der Waals surface area contributed by atoms with Crippen LogP contribution >= 0.6 is 0 Å². The first-order chi connectivity index (χ1) is 8.26. The van der Waals surface area contributed by atoms with Gasteiger partial charge in [0.05, 0.1) is 6.61 Å². The zero-order valence-corrected chi connectivity index (χ0v) is 11.0. The van der Waals surface area contributed by atoms with E-state index in [1.54, 1.807) is 7.11 Å². The summed E-state index contributed by atoms with van der Waals surface area (Å²) in [7, 11) is 1.75. The number of anilines is 1. The van der Waals surface area contributed by atoms with Crippen LogP contribution in [0.15, 0.2) is 24.3 Å². The predicted octanol–water partition coefficient (Wildman–Crippen LogP) is 2.17. The maximum Gasteiger partial charge on any atom is 0.0589 e. The van der Waals surface area contributed by atoms with Crippen LogP contribution in [0.2, 0.25) is 0 Å². The summed E-state index contributed by atoms with van der Waals surface area (Å²) in [6, 6.07) is 8.15. The second-order valence-electron chi connectivity index (χ2n) is 4.28. The minimum Gasteiger partial charge on any atom is -0.399 e. The van der Waals surface area contributed by atoms with Crippen LogP contribution in [0.1, 0.15) is 18.9 Å². The molecule has 0 heterocycles. The van der Waals surface area contributed by atoms with Gasteiger partial charge in [-0.05, 0) is 43.6 Å². The second kappa shape index (κ2) is 8.09. The Balaban J connectivity index is 2.26. The molecule has 0 aliphatic heterocycles. The minimum absolute atomic E-state index is 0.812. The Labute approximate surface area is 105 Å². The van der Waals surface area contributed by atoms with Gasteiger partial charge in [0.1, 0.15) is 0 Å². The summed E-state index contributed by atoms with van der Waals surface area (Å²) >= 11 is 0. The van der Waals surface area contributed by atoms with Crippen LogP contribution in [0.25, 0.3) is 0 Å². The first kappa shape index (κ1) is 14.0. The van der Waals surface area contributed by atoms with E-state index in [1.165, 1.54) is 12.0 Å². The molecule has 0 saturated carbocycles. The minimum atomic E-state index is 0.812. The van der Waals surface area contributed by atoms with Crippen molar-refractivity contribution in [1.82, 2.24) is 4.90 Å². The van der Waals surface area contributed by atoms with Crippen LogP contribution < -0.4 is 5.73 Å². The smallest absolute Gasteiger partial charge is 0.0589 e. The van der Waals surface area contributed by atoms with Crippen molar-refractivity contribution in [2.24, 2.45) is 0 Å². The summed E-state index contributed by atoms with van der Waals surface area (Å²) in [6.45, 7) is 6.22. The van der Waals surface area contributed by atoms with Crippen molar-refractivity contribution in [3.63, 3.8) is 0 Å². The molecule has 1 aromatic rings. The summed E-state index contributed by atoms with van der Waals surface area (Å²) < 4.78 is 5.10. The molecule has 3 heteroatoms. The number of methoxy groups -OCH3 is 1. The van der Waals surface area contributed by atoms with Crippen molar-refractivity contribution in [3.8, 4) is 0 Å². The molecule has 0 bridgehead atoms. The fourth-order valence-corrected chi connectivity index (χ4v) is 1.90. The molecule has 0 atom stereocenters. The van der Waals surface area contributed by atoms with E-state index in [4.69, 9.17) is 10.5 Å². The zero-order chi connectivity index (χ0) is 12.5. The van der Waals surface area contributed by atoms with Gasteiger partial charge >= 0.3 is 0 Å². The molecule has 96 valence electrons. The molecular formula is C14H24N2O. The van der Waals surface area contributed by atoms with Gasteiger partial charge < -0.3 is 15.4 Å². The molecule has 2 N–H and O–H groups in total. The van der Waals surface area contributed by atoms with Gasteiger partial charge in [0.2, 0.25) is 0 Å². The highest BCUT2D eigenvalue weighted by atomic mass is 16.5. The second-order valence-corrected chi connectivity index (χ2v) is 4.28. The summed E-state index contributed by atoms with van der Waals surface area (Å²) in [5.41, 5.74) is 7.94. The Kier molecular flexibility index (Phi) is 6.67. The highest BCUT2D eigenvalue weighted by Crippen LogP contribution is 2.09. The van der Waals surface area contributed by atoms with Crippen molar-refractivity contribution in [2.75, 3.05) is 39.1 Å². The Morgan fingerprint density at radius 2 is 2.12 bits per heavy atom. The fraction of sp³-hybridized carbons (Fsp3) is 0.571. The SMILES string of the molecule is CCN(CCCc1cccc(N)c1)CCOC. The maximum atomic E-state index is 5.76. The van der Waals surface area contributed by atoms with Gasteiger partial charge in [0.25, 0.3) is 0 Å². The Morgan fingerprint density at radius 1 is 1.29 bits per heavy atom. The molecule has 17 heavy (non-hydrogen) atoms. The van der Waals surface area contributed by atoms with Gasteiger partial charge in [-0.1, -0.05) is 19.1 Å². The molecule has 0 radical (unpaired) electrons. The Bertz CT molecular complexity index is 315. The molecule has 1 rings (SSSR count).